The van der Waals surface area contributed by atoms with Crippen LogP contribution in [0.5, 0.6) is 5.75 Å². The molecule has 0 aromatic heterocycles. The van der Waals surface area contributed by atoms with E-state index in [0.717, 1.165) is 5.56 Å². The molecule has 0 aliphatic rings. The predicted molar refractivity (Wildman–Crippen MR) is 94.7 cm³/mol. The minimum Gasteiger partial charge on any atom is -0.484 e. The Bertz CT molecular complexity index is 871. The third-order valence-corrected chi connectivity index (χ3v) is 4.37. The lowest BCUT2D eigenvalue weighted by Crippen LogP contribution is -2.24. The van der Waals surface area contributed by atoms with Crippen molar-refractivity contribution in [3.8, 4) is 5.75 Å². The zero-order chi connectivity index (χ0) is 18.4. The van der Waals surface area contributed by atoms with Crippen molar-refractivity contribution < 1.29 is 17.9 Å². The van der Waals surface area contributed by atoms with Crippen molar-refractivity contribution in [3.05, 3.63) is 54.1 Å². The van der Waals surface area contributed by atoms with Gasteiger partial charge in [-0.25, -0.2) is 0 Å². The number of aryl methyl sites for hydroxylation is 1. The van der Waals surface area contributed by atoms with Gasteiger partial charge in [-0.1, -0.05) is 17.7 Å². The predicted octanol–water partition coefficient (Wildman–Crippen LogP) is 0.975. The fraction of sp³-hybridized carbons (Fsp3) is 0.125. The molecule has 0 fully saturated rings. The van der Waals surface area contributed by atoms with Crippen LogP contribution in [0.15, 0.2) is 57.8 Å². The topological polar surface area (TPSA) is 137 Å². The lowest BCUT2D eigenvalue weighted by Gasteiger charge is -2.08. The van der Waals surface area contributed by atoms with E-state index in [9.17, 15) is 13.2 Å². The molecule has 0 saturated carbocycles. The Hall–Kier alpha value is -3.07. The molecule has 2 rings (SSSR count). The van der Waals surface area contributed by atoms with Crippen molar-refractivity contribution in [2.75, 3.05) is 11.9 Å². The van der Waals surface area contributed by atoms with Crippen LogP contribution in [0.1, 0.15) is 5.56 Å². The number of anilines is 1. The molecule has 5 N–H and O–H groups in total. The first kappa shape index (κ1) is 18.3. The Balaban J connectivity index is 1.95. The minimum atomic E-state index is -3.95. The molecule has 0 aliphatic carbocycles. The summed E-state index contributed by atoms with van der Waals surface area (Å²) in [6.07, 6.45) is 0. The Morgan fingerprint density at radius 2 is 1.68 bits per heavy atom. The van der Waals surface area contributed by atoms with E-state index in [1.54, 1.807) is 12.1 Å². The van der Waals surface area contributed by atoms with Gasteiger partial charge in [-0.05, 0) is 43.3 Å². The van der Waals surface area contributed by atoms with Crippen LogP contribution in [0.25, 0.3) is 0 Å². The van der Waals surface area contributed by atoms with Gasteiger partial charge >= 0.3 is 0 Å². The van der Waals surface area contributed by atoms with E-state index in [4.69, 9.17) is 16.2 Å². The molecule has 1 amide bonds. The zero-order valence-electron chi connectivity index (χ0n) is 13.5. The number of carbonyl (C=O) groups excluding carboxylic acids is 1. The smallest absolute Gasteiger partial charge is 0.285 e. The fourth-order valence-corrected chi connectivity index (χ4v) is 2.75. The highest BCUT2D eigenvalue weighted by Gasteiger charge is 2.13. The first-order valence-corrected chi connectivity index (χ1v) is 8.65. The molecule has 8 nitrogen and oxygen atoms in total. The normalized spacial score (nSPS) is 10.8. The summed E-state index contributed by atoms with van der Waals surface area (Å²) in [6.45, 7) is 1.78. The van der Waals surface area contributed by atoms with Crippen LogP contribution in [0.3, 0.4) is 0 Å². The summed E-state index contributed by atoms with van der Waals surface area (Å²) in [5.74, 6) is -0.342. The molecule has 0 heterocycles. The summed E-state index contributed by atoms with van der Waals surface area (Å²) < 4.78 is 32.1. The van der Waals surface area contributed by atoms with Gasteiger partial charge in [0.1, 0.15) is 5.75 Å². The van der Waals surface area contributed by atoms with Gasteiger partial charge in [-0.15, -0.1) is 4.40 Å². The number of hydrogen-bond acceptors (Lipinski definition) is 4. The second kappa shape index (κ2) is 7.67. The van der Waals surface area contributed by atoms with Gasteiger partial charge in [0, 0.05) is 5.69 Å². The first-order valence-electron chi connectivity index (χ1n) is 7.21. The number of nitrogens with one attached hydrogen (secondary N) is 1. The van der Waals surface area contributed by atoms with E-state index in [-0.39, 0.29) is 17.4 Å². The summed E-state index contributed by atoms with van der Waals surface area (Å²) in [4.78, 5) is 11.8. The highest BCUT2D eigenvalue weighted by Crippen LogP contribution is 2.16. The maximum Gasteiger partial charge on any atom is 0.285 e. The number of nitrogens with zero attached hydrogens (tertiary/aromatic N) is 1. The zero-order valence-corrected chi connectivity index (χ0v) is 14.3. The molecule has 9 heteroatoms. The Morgan fingerprint density at radius 1 is 1.08 bits per heavy atom. The summed E-state index contributed by atoms with van der Waals surface area (Å²) in [5, 5.41) is 2.60. The summed E-state index contributed by atoms with van der Waals surface area (Å²) >= 11 is 0. The van der Waals surface area contributed by atoms with Crippen molar-refractivity contribution in [2.45, 2.75) is 11.8 Å². The largest absolute Gasteiger partial charge is 0.484 e. The fourth-order valence-electron chi connectivity index (χ4n) is 1.88. The molecular formula is C16H18N4O4S. The van der Waals surface area contributed by atoms with E-state index in [1.165, 1.54) is 24.3 Å². The van der Waals surface area contributed by atoms with Gasteiger partial charge in [0.15, 0.2) is 6.61 Å². The maximum atomic E-state index is 11.9. The first-order chi connectivity index (χ1) is 11.8. The van der Waals surface area contributed by atoms with Gasteiger partial charge in [-0.3, -0.25) is 4.79 Å². The van der Waals surface area contributed by atoms with Gasteiger partial charge in [-0.2, -0.15) is 8.42 Å². The van der Waals surface area contributed by atoms with E-state index >= 15 is 0 Å². The van der Waals surface area contributed by atoms with Crippen LogP contribution >= 0.6 is 0 Å². The molecule has 25 heavy (non-hydrogen) atoms. The molecule has 0 bridgehead atoms. The van der Waals surface area contributed by atoms with Gasteiger partial charge in [0.05, 0.1) is 4.90 Å². The van der Waals surface area contributed by atoms with Crippen LogP contribution in [-0.2, 0) is 14.8 Å². The number of benzene rings is 2. The SMILES string of the molecule is Cc1ccc(OCC(=O)Nc2ccc(S(=O)(=O)N=C(N)N)cc2)cc1. The highest BCUT2D eigenvalue weighted by molar-refractivity contribution is 7.90. The Morgan fingerprint density at radius 3 is 2.24 bits per heavy atom. The van der Waals surface area contributed by atoms with Crippen LogP contribution in [0.4, 0.5) is 5.69 Å². The van der Waals surface area contributed by atoms with Crippen molar-refractivity contribution in [1.82, 2.24) is 0 Å². The van der Waals surface area contributed by atoms with Crippen molar-refractivity contribution in [1.29, 1.82) is 0 Å². The van der Waals surface area contributed by atoms with Crippen LogP contribution < -0.4 is 21.5 Å². The van der Waals surface area contributed by atoms with Gasteiger partial charge in [0.2, 0.25) is 5.96 Å². The molecule has 2 aromatic rings. The molecule has 0 aliphatic heterocycles. The maximum absolute atomic E-state index is 11.9. The van der Waals surface area contributed by atoms with Crippen LogP contribution in [0, 0.1) is 6.92 Å². The number of guanidine groups is 1. The molecular weight excluding hydrogens is 344 g/mol. The van der Waals surface area contributed by atoms with Crippen LogP contribution in [0.2, 0.25) is 0 Å². The van der Waals surface area contributed by atoms with E-state index in [1.807, 2.05) is 19.1 Å². The number of sulfonamides is 1. The second-order valence-corrected chi connectivity index (χ2v) is 6.77. The summed E-state index contributed by atoms with van der Waals surface area (Å²) in [7, 11) is -3.95. The third kappa shape index (κ3) is 5.50. The molecule has 0 spiro atoms. The second-order valence-electron chi connectivity index (χ2n) is 5.17. The van der Waals surface area contributed by atoms with E-state index in [2.05, 4.69) is 9.71 Å². The minimum absolute atomic E-state index is 0.0881. The Kier molecular flexibility index (Phi) is 5.60. The average Bonchev–Trinajstić information content (AvgIpc) is 2.54. The molecule has 0 atom stereocenters. The monoisotopic (exact) mass is 362 g/mol. The Labute approximate surface area is 145 Å². The summed E-state index contributed by atoms with van der Waals surface area (Å²) in [5.41, 5.74) is 11.7. The van der Waals surface area contributed by atoms with Gasteiger partial charge in [0.25, 0.3) is 15.9 Å². The molecule has 132 valence electrons. The summed E-state index contributed by atoms with van der Waals surface area (Å²) in [6, 6.07) is 12.7. The average molecular weight is 362 g/mol. The van der Waals surface area contributed by atoms with Crippen molar-refractivity contribution >= 4 is 27.6 Å². The molecule has 0 saturated heterocycles. The van der Waals surface area contributed by atoms with Crippen LogP contribution in [-0.4, -0.2) is 26.9 Å². The van der Waals surface area contributed by atoms with Crippen molar-refractivity contribution in [2.24, 2.45) is 15.9 Å². The number of rotatable bonds is 6. The lowest BCUT2D eigenvalue weighted by atomic mass is 10.2. The number of carbonyl (C=O) groups is 1. The molecule has 0 unspecified atom stereocenters. The third-order valence-electron chi connectivity index (χ3n) is 3.05. The quantitative estimate of drug-likeness (QED) is 0.517. The van der Waals surface area contributed by atoms with Crippen molar-refractivity contribution in [3.63, 3.8) is 0 Å². The lowest BCUT2D eigenvalue weighted by molar-refractivity contribution is -0.118. The standard InChI is InChI=1S/C16H18N4O4S/c1-11-2-6-13(7-3-11)24-10-15(21)19-12-4-8-14(9-5-12)25(22,23)20-16(17)18/h2-9H,10H2,1H3,(H,19,21)(H4,17,18,20). The van der Waals surface area contributed by atoms with E-state index in [0.29, 0.717) is 11.4 Å². The van der Waals surface area contributed by atoms with Gasteiger partial charge < -0.3 is 21.5 Å². The molecule has 2 aromatic carbocycles. The number of hydrogen-bond donors (Lipinski definition) is 3. The molecule has 0 radical (unpaired) electrons. The van der Waals surface area contributed by atoms with E-state index < -0.39 is 16.0 Å². The number of nitrogens with two attached hydrogens (primary N) is 2. The highest BCUT2D eigenvalue weighted by atomic mass is 32.2. The number of ether oxygens (including phenoxy) is 1. The number of amides is 1.